The van der Waals surface area contributed by atoms with Crippen LogP contribution in [0, 0.1) is 0 Å². The molecule has 0 aromatic heterocycles. The molecular weight excluding hydrogens is 394 g/mol. The molecule has 0 aromatic carbocycles. The van der Waals surface area contributed by atoms with E-state index in [2.05, 4.69) is 21.6 Å². The first-order valence-corrected chi connectivity index (χ1v) is 10.9. The minimum Gasteiger partial charge on any atom is -0.513 e. The summed E-state index contributed by atoms with van der Waals surface area (Å²) in [4.78, 5) is 27.3. The minimum atomic E-state index is -0.359. The lowest BCUT2D eigenvalue weighted by molar-refractivity contribution is -0.116. The van der Waals surface area contributed by atoms with Gasteiger partial charge in [-0.05, 0) is 57.8 Å². The summed E-state index contributed by atoms with van der Waals surface area (Å²) < 4.78 is 5.44. The summed E-state index contributed by atoms with van der Waals surface area (Å²) in [6.45, 7) is 8.67. The van der Waals surface area contributed by atoms with E-state index in [9.17, 15) is 14.7 Å². The molecule has 1 amide bonds. The summed E-state index contributed by atoms with van der Waals surface area (Å²) in [5.74, 6) is -0.129. The number of amides is 1. The molecule has 0 radical (unpaired) electrons. The Hall–Kier alpha value is -2.64. The Morgan fingerprint density at radius 2 is 2.16 bits per heavy atom. The van der Waals surface area contributed by atoms with Crippen molar-refractivity contribution in [2.45, 2.75) is 45.6 Å². The van der Waals surface area contributed by atoms with Crippen molar-refractivity contribution in [2.75, 3.05) is 32.8 Å². The summed E-state index contributed by atoms with van der Waals surface area (Å²) in [7, 11) is 0. The zero-order valence-corrected chi connectivity index (χ0v) is 18.7. The van der Waals surface area contributed by atoms with Crippen LogP contribution in [0.15, 0.2) is 58.7 Å². The van der Waals surface area contributed by atoms with Crippen molar-refractivity contribution in [3.8, 4) is 0 Å². The summed E-state index contributed by atoms with van der Waals surface area (Å²) >= 11 is 0. The summed E-state index contributed by atoms with van der Waals surface area (Å²) in [5.41, 5.74) is 2.93. The molecule has 0 unspecified atom stereocenters. The highest BCUT2D eigenvalue weighted by Gasteiger charge is 2.54. The molecule has 1 saturated heterocycles. The first-order chi connectivity index (χ1) is 14.9. The number of ether oxygens (including phenoxy) is 1. The number of rotatable bonds is 7. The highest BCUT2D eigenvalue weighted by molar-refractivity contribution is 6.08. The lowest BCUT2D eigenvalue weighted by Crippen LogP contribution is -2.29. The number of hydrogen-bond acceptors (Lipinski definition) is 6. The predicted molar refractivity (Wildman–Crippen MR) is 120 cm³/mol. The van der Waals surface area contributed by atoms with Gasteiger partial charge in [0.25, 0.3) is 5.91 Å². The molecular formula is C24H33N3O4. The zero-order valence-electron chi connectivity index (χ0n) is 18.7. The molecule has 7 heteroatoms. The van der Waals surface area contributed by atoms with Gasteiger partial charge in [0, 0.05) is 43.1 Å². The van der Waals surface area contributed by atoms with Crippen LogP contribution in [0.2, 0.25) is 0 Å². The van der Waals surface area contributed by atoms with Crippen LogP contribution in [0.3, 0.4) is 0 Å². The quantitative estimate of drug-likeness (QED) is 0.329. The molecule has 0 atom stereocenters. The number of carbonyl (C=O) groups is 2. The topological polar surface area (TPSA) is 90.9 Å². The van der Waals surface area contributed by atoms with Crippen molar-refractivity contribution >= 4 is 11.7 Å². The number of nitrogens with zero attached hydrogens (tertiary/aromatic N) is 1. The van der Waals surface area contributed by atoms with Gasteiger partial charge in [0.05, 0.1) is 17.8 Å². The SMILES string of the molecule is CCOCCN1CC\C=C/C(/C=C(\C)C(=O)N/C(C)=C2/CNC3(CC3)C2=O)=C\C1=C\O. The number of aliphatic hydroxyl groups excluding tert-OH is 1. The summed E-state index contributed by atoms with van der Waals surface area (Å²) in [5, 5.41) is 15.9. The number of hydrogen-bond donors (Lipinski definition) is 3. The fourth-order valence-electron chi connectivity index (χ4n) is 3.86. The van der Waals surface area contributed by atoms with E-state index >= 15 is 0 Å². The molecule has 1 spiro atoms. The third-order valence-electron chi connectivity index (χ3n) is 5.95. The number of ketones is 1. The fraction of sp³-hybridized carbons (Fsp3) is 0.500. The Morgan fingerprint density at radius 3 is 2.81 bits per heavy atom. The summed E-state index contributed by atoms with van der Waals surface area (Å²) in [6.07, 6.45) is 11.3. The number of carbonyl (C=O) groups excluding carboxylic acids is 2. The Balaban J connectivity index is 1.70. The molecule has 2 aliphatic heterocycles. The van der Waals surface area contributed by atoms with Crippen LogP contribution in [0.25, 0.3) is 0 Å². The molecule has 3 N–H and O–H groups in total. The van der Waals surface area contributed by atoms with Gasteiger partial charge in [-0.2, -0.15) is 0 Å². The lowest BCUT2D eigenvalue weighted by atomic mass is 10.1. The predicted octanol–water partition coefficient (Wildman–Crippen LogP) is 2.65. The molecule has 3 rings (SSSR count). The maximum Gasteiger partial charge on any atom is 0.251 e. The average molecular weight is 428 g/mol. The maximum absolute atomic E-state index is 12.7. The Labute approximate surface area is 184 Å². The molecule has 168 valence electrons. The third kappa shape index (κ3) is 5.54. The van der Waals surface area contributed by atoms with Gasteiger partial charge in [0.2, 0.25) is 0 Å². The number of nitrogens with one attached hydrogen (secondary N) is 2. The maximum atomic E-state index is 12.7. The van der Waals surface area contributed by atoms with Crippen LogP contribution in [-0.4, -0.2) is 60.1 Å². The lowest BCUT2D eigenvalue weighted by Gasteiger charge is -2.26. The van der Waals surface area contributed by atoms with Crippen LogP contribution in [0.4, 0.5) is 0 Å². The van der Waals surface area contributed by atoms with E-state index in [0.717, 1.165) is 37.6 Å². The van der Waals surface area contributed by atoms with Crippen molar-refractivity contribution in [1.29, 1.82) is 0 Å². The highest BCUT2D eigenvalue weighted by atomic mass is 16.5. The number of aliphatic hydroxyl groups is 1. The van der Waals surface area contributed by atoms with E-state index in [0.29, 0.717) is 48.8 Å². The standard InChI is InChI=1S/C24H33N3O4/c1-4-31-12-11-27-10-6-5-7-19(14-20(27)16-28)13-17(2)23(30)26-18(3)21-15-25-24(8-9-24)22(21)29/h5,7,13-14,16,25,28H,4,6,8-12,15H2,1-3H3,(H,26,30)/b7-5-,17-13+,19-14+,20-16-,21-18-. The van der Waals surface area contributed by atoms with Gasteiger partial charge in [0.1, 0.15) is 6.26 Å². The monoisotopic (exact) mass is 427 g/mol. The van der Waals surface area contributed by atoms with E-state index < -0.39 is 0 Å². The number of allylic oxidation sites excluding steroid dienone is 5. The van der Waals surface area contributed by atoms with Crippen molar-refractivity contribution in [1.82, 2.24) is 15.5 Å². The Bertz CT molecular complexity index is 875. The van der Waals surface area contributed by atoms with Crippen molar-refractivity contribution in [3.05, 3.63) is 58.7 Å². The molecule has 2 fully saturated rings. The number of Topliss-reactive ketones (excluding diaryl/α,β-unsaturated/α-hetero) is 1. The second kappa shape index (κ2) is 10.1. The van der Waals surface area contributed by atoms with Crippen LogP contribution in [0.5, 0.6) is 0 Å². The van der Waals surface area contributed by atoms with Crippen molar-refractivity contribution < 1.29 is 19.4 Å². The fourth-order valence-corrected chi connectivity index (χ4v) is 3.86. The molecule has 31 heavy (non-hydrogen) atoms. The molecule has 1 aliphatic carbocycles. The minimum absolute atomic E-state index is 0.113. The third-order valence-corrected chi connectivity index (χ3v) is 5.95. The molecule has 3 aliphatic rings. The van der Waals surface area contributed by atoms with Crippen LogP contribution >= 0.6 is 0 Å². The average Bonchev–Trinajstić information content (AvgIpc) is 3.45. The zero-order chi connectivity index (χ0) is 22.4. The van der Waals surface area contributed by atoms with E-state index in [1.54, 1.807) is 19.9 Å². The first kappa shape index (κ1) is 23.0. The van der Waals surface area contributed by atoms with Crippen molar-refractivity contribution in [3.63, 3.8) is 0 Å². The van der Waals surface area contributed by atoms with Gasteiger partial charge < -0.3 is 25.4 Å². The van der Waals surface area contributed by atoms with E-state index in [1.807, 2.05) is 19.1 Å². The van der Waals surface area contributed by atoms with Gasteiger partial charge in [-0.1, -0.05) is 12.2 Å². The van der Waals surface area contributed by atoms with Gasteiger partial charge in [-0.15, -0.1) is 0 Å². The van der Waals surface area contributed by atoms with Gasteiger partial charge in [-0.25, -0.2) is 0 Å². The van der Waals surface area contributed by atoms with E-state index in [4.69, 9.17) is 4.74 Å². The molecule has 2 heterocycles. The largest absolute Gasteiger partial charge is 0.513 e. The van der Waals surface area contributed by atoms with Crippen LogP contribution < -0.4 is 10.6 Å². The Kier molecular flexibility index (Phi) is 7.51. The second-order valence-electron chi connectivity index (χ2n) is 8.22. The molecule has 0 bridgehead atoms. The first-order valence-electron chi connectivity index (χ1n) is 10.9. The van der Waals surface area contributed by atoms with Crippen LogP contribution in [0.1, 0.15) is 40.0 Å². The van der Waals surface area contributed by atoms with E-state index in [-0.39, 0.29) is 17.2 Å². The normalized spacial score (nSPS) is 26.4. The molecule has 0 aromatic rings. The molecule has 7 nitrogen and oxygen atoms in total. The Morgan fingerprint density at radius 1 is 1.39 bits per heavy atom. The van der Waals surface area contributed by atoms with Gasteiger partial charge in [-0.3, -0.25) is 9.59 Å². The van der Waals surface area contributed by atoms with Gasteiger partial charge in [0.15, 0.2) is 5.78 Å². The summed E-state index contributed by atoms with van der Waals surface area (Å²) in [6, 6.07) is 0. The highest BCUT2D eigenvalue weighted by Crippen LogP contribution is 2.42. The smallest absolute Gasteiger partial charge is 0.251 e. The van der Waals surface area contributed by atoms with Crippen LogP contribution in [-0.2, 0) is 14.3 Å². The van der Waals surface area contributed by atoms with Crippen molar-refractivity contribution in [2.24, 2.45) is 0 Å². The second-order valence-corrected chi connectivity index (χ2v) is 8.22. The molecule has 1 saturated carbocycles. The van der Waals surface area contributed by atoms with Gasteiger partial charge >= 0.3 is 0 Å². The van der Waals surface area contributed by atoms with E-state index in [1.165, 1.54) is 0 Å².